The number of aryl methyl sites for hydroxylation is 1. The maximum Gasteiger partial charge on any atom is 0.00158 e. The molecule has 0 radical (unpaired) electrons. The summed E-state index contributed by atoms with van der Waals surface area (Å²) in [5.41, 5.74) is 2.87. The summed E-state index contributed by atoms with van der Waals surface area (Å²) in [6.45, 7) is 7.30. The lowest BCUT2D eigenvalue weighted by atomic mass is 10.1. The molecule has 0 unspecified atom stereocenters. The van der Waals surface area contributed by atoms with Crippen LogP contribution in [0, 0.1) is 6.92 Å². The Labute approximate surface area is 88.8 Å². The lowest BCUT2D eigenvalue weighted by Gasteiger charge is -2.10. The molecule has 0 saturated heterocycles. The van der Waals surface area contributed by atoms with Crippen molar-refractivity contribution in [1.82, 2.24) is 4.90 Å². The van der Waals surface area contributed by atoms with Crippen LogP contribution in [0.1, 0.15) is 25.0 Å². The van der Waals surface area contributed by atoms with Crippen molar-refractivity contribution < 1.29 is 0 Å². The molecular formula is C13H23N. The Balaban J connectivity index is 0.000000791. The van der Waals surface area contributed by atoms with E-state index in [0.29, 0.717) is 0 Å². The van der Waals surface area contributed by atoms with Crippen molar-refractivity contribution in [3.8, 4) is 0 Å². The number of nitrogens with zero attached hydrogens (tertiary/aromatic N) is 1. The van der Waals surface area contributed by atoms with Crippen LogP contribution in [0.5, 0.6) is 0 Å². The van der Waals surface area contributed by atoms with Gasteiger partial charge in [-0.1, -0.05) is 38.1 Å². The Kier molecular flexibility index (Phi) is 7.13. The van der Waals surface area contributed by atoms with Crippen molar-refractivity contribution >= 4 is 0 Å². The van der Waals surface area contributed by atoms with Crippen LogP contribution in [0.3, 0.4) is 0 Å². The monoisotopic (exact) mass is 193 g/mol. The maximum absolute atomic E-state index is 2.21. The smallest absolute Gasteiger partial charge is 0.00158 e. The second kappa shape index (κ2) is 7.57. The van der Waals surface area contributed by atoms with Gasteiger partial charge in [-0.25, -0.2) is 0 Å². The third-order valence-electron chi connectivity index (χ3n) is 2.09. The quantitative estimate of drug-likeness (QED) is 0.713. The van der Waals surface area contributed by atoms with Crippen LogP contribution in [0.25, 0.3) is 0 Å². The Bertz CT molecular complexity index is 241. The summed E-state index contributed by atoms with van der Waals surface area (Å²) in [4.78, 5) is 2.21. The molecule has 80 valence electrons. The van der Waals surface area contributed by atoms with E-state index in [-0.39, 0.29) is 0 Å². The molecule has 0 aliphatic rings. The van der Waals surface area contributed by atoms with Crippen molar-refractivity contribution in [1.29, 1.82) is 0 Å². The van der Waals surface area contributed by atoms with Crippen molar-refractivity contribution in [3.63, 3.8) is 0 Å². The number of hydrogen-bond donors (Lipinski definition) is 0. The van der Waals surface area contributed by atoms with Crippen LogP contribution in [0.2, 0.25) is 0 Å². The van der Waals surface area contributed by atoms with Crippen molar-refractivity contribution in [2.75, 3.05) is 20.6 Å². The van der Waals surface area contributed by atoms with Gasteiger partial charge in [0.2, 0.25) is 0 Å². The van der Waals surface area contributed by atoms with E-state index in [4.69, 9.17) is 0 Å². The number of benzene rings is 1. The molecule has 0 N–H and O–H groups in total. The Hall–Kier alpha value is -0.820. The summed E-state index contributed by atoms with van der Waals surface area (Å²) in [6.07, 6.45) is 1.15. The molecule has 0 heterocycles. The van der Waals surface area contributed by atoms with Gasteiger partial charge in [-0.2, -0.15) is 0 Å². The molecule has 0 aliphatic heterocycles. The molecule has 0 aromatic heterocycles. The zero-order valence-corrected chi connectivity index (χ0v) is 10.2. The summed E-state index contributed by atoms with van der Waals surface area (Å²) in [6, 6.07) is 8.58. The van der Waals surface area contributed by atoms with Gasteiger partial charge in [0.25, 0.3) is 0 Å². The molecule has 0 aliphatic carbocycles. The predicted octanol–water partition coefficient (Wildman–Crippen LogP) is 3.13. The van der Waals surface area contributed by atoms with E-state index in [2.05, 4.69) is 50.2 Å². The highest BCUT2D eigenvalue weighted by molar-refractivity contribution is 5.25. The molecule has 1 heteroatoms. The first-order valence-electron chi connectivity index (χ1n) is 5.39. The van der Waals surface area contributed by atoms with Crippen LogP contribution in [-0.4, -0.2) is 25.5 Å². The zero-order chi connectivity index (χ0) is 11.0. The maximum atomic E-state index is 2.21. The molecule has 0 atom stereocenters. The summed E-state index contributed by atoms with van der Waals surface area (Å²) in [5, 5.41) is 0. The lowest BCUT2D eigenvalue weighted by Crippen LogP contribution is -2.15. The van der Waals surface area contributed by atoms with E-state index in [9.17, 15) is 0 Å². The highest BCUT2D eigenvalue weighted by Crippen LogP contribution is 2.07. The fourth-order valence-electron chi connectivity index (χ4n) is 1.23. The molecule has 0 spiro atoms. The summed E-state index contributed by atoms with van der Waals surface area (Å²) >= 11 is 0. The standard InChI is InChI=1S/C11H17N.C2H6/c1-10-6-4-5-7-11(10)8-9-12(2)3;1-2/h4-7H,8-9H2,1-3H3;1-2H3. The molecule has 0 amide bonds. The minimum atomic E-state index is 1.13. The van der Waals surface area contributed by atoms with Crippen molar-refractivity contribution in [2.24, 2.45) is 0 Å². The first-order valence-corrected chi connectivity index (χ1v) is 5.39. The van der Waals surface area contributed by atoms with E-state index in [1.807, 2.05) is 13.8 Å². The first kappa shape index (κ1) is 13.2. The zero-order valence-electron chi connectivity index (χ0n) is 10.2. The van der Waals surface area contributed by atoms with Crippen LogP contribution in [-0.2, 0) is 6.42 Å². The third kappa shape index (κ3) is 5.03. The molecule has 1 rings (SSSR count). The highest BCUT2D eigenvalue weighted by atomic mass is 15.0. The predicted molar refractivity (Wildman–Crippen MR) is 64.8 cm³/mol. The second-order valence-electron chi connectivity index (χ2n) is 3.48. The van der Waals surface area contributed by atoms with Crippen LogP contribution >= 0.6 is 0 Å². The Morgan fingerprint density at radius 1 is 1.07 bits per heavy atom. The summed E-state index contributed by atoms with van der Waals surface area (Å²) in [7, 11) is 4.22. The number of likely N-dealkylation sites (N-methyl/N-ethyl adjacent to an activating group) is 1. The topological polar surface area (TPSA) is 3.24 Å². The highest BCUT2D eigenvalue weighted by Gasteiger charge is 1.96. The van der Waals surface area contributed by atoms with E-state index in [1.165, 1.54) is 11.1 Å². The van der Waals surface area contributed by atoms with E-state index in [1.54, 1.807) is 0 Å². The Morgan fingerprint density at radius 3 is 2.14 bits per heavy atom. The lowest BCUT2D eigenvalue weighted by molar-refractivity contribution is 0.413. The summed E-state index contributed by atoms with van der Waals surface area (Å²) < 4.78 is 0. The van der Waals surface area contributed by atoms with E-state index < -0.39 is 0 Å². The van der Waals surface area contributed by atoms with Gasteiger partial charge in [0.1, 0.15) is 0 Å². The van der Waals surface area contributed by atoms with E-state index in [0.717, 1.165) is 13.0 Å². The molecule has 14 heavy (non-hydrogen) atoms. The van der Waals surface area contributed by atoms with Crippen LogP contribution in [0.4, 0.5) is 0 Å². The normalized spacial score (nSPS) is 9.57. The SMILES string of the molecule is CC.Cc1ccccc1CCN(C)C. The van der Waals surface area contributed by atoms with Gasteiger partial charge in [-0.3, -0.25) is 0 Å². The van der Waals surface area contributed by atoms with E-state index >= 15 is 0 Å². The largest absolute Gasteiger partial charge is 0.309 e. The fraction of sp³-hybridized carbons (Fsp3) is 0.538. The molecule has 0 bridgehead atoms. The molecule has 0 saturated carbocycles. The minimum Gasteiger partial charge on any atom is -0.309 e. The second-order valence-corrected chi connectivity index (χ2v) is 3.48. The van der Waals surface area contributed by atoms with Gasteiger partial charge >= 0.3 is 0 Å². The Morgan fingerprint density at radius 2 is 1.64 bits per heavy atom. The average Bonchev–Trinajstić information content (AvgIpc) is 2.19. The van der Waals surface area contributed by atoms with Crippen LogP contribution in [0.15, 0.2) is 24.3 Å². The molecular weight excluding hydrogens is 170 g/mol. The first-order chi connectivity index (χ1) is 6.70. The van der Waals surface area contributed by atoms with Gasteiger partial charge in [-0.05, 0) is 38.6 Å². The fourth-order valence-corrected chi connectivity index (χ4v) is 1.23. The molecule has 1 aromatic rings. The van der Waals surface area contributed by atoms with Crippen molar-refractivity contribution in [3.05, 3.63) is 35.4 Å². The third-order valence-corrected chi connectivity index (χ3v) is 2.09. The van der Waals surface area contributed by atoms with Gasteiger partial charge in [-0.15, -0.1) is 0 Å². The molecule has 1 nitrogen and oxygen atoms in total. The van der Waals surface area contributed by atoms with Gasteiger partial charge in [0.05, 0.1) is 0 Å². The van der Waals surface area contributed by atoms with Crippen molar-refractivity contribution in [2.45, 2.75) is 27.2 Å². The molecule has 0 fully saturated rings. The summed E-state index contributed by atoms with van der Waals surface area (Å²) in [5.74, 6) is 0. The number of hydrogen-bond acceptors (Lipinski definition) is 1. The number of rotatable bonds is 3. The minimum absolute atomic E-state index is 1.13. The van der Waals surface area contributed by atoms with Gasteiger partial charge in [0.15, 0.2) is 0 Å². The van der Waals surface area contributed by atoms with Gasteiger partial charge in [0, 0.05) is 6.54 Å². The van der Waals surface area contributed by atoms with Gasteiger partial charge < -0.3 is 4.90 Å². The average molecular weight is 193 g/mol. The molecule has 1 aromatic carbocycles. The van der Waals surface area contributed by atoms with Crippen LogP contribution < -0.4 is 0 Å².